The maximum atomic E-state index is 2.39. The second-order valence-corrected chi connectivity index (χ2v) is 7.54. The summed E-state index contributed by atoms with van der Waals surface area (Å²) in [5, 5.41) is 0. The predicted molar refractivity (Wildman–Crippen MR) is 101 cm³/mol. The molecule has 0 atom stereocenters. The summed E-state index contributed by atoms with van der Waals surface area (Å²) in [6.07, 6.45) is 17.0. The third kappa shape index (κ3) is 8.61. The van der Waals surface area contributed by atoms with Gasteiger partial charge in [-0.05, 0) is 17.4 Å². The molecule has 1 aromatic rings. The van der Waals surface area contributed by atoms with Crippen LogP contribution in [0, 0.1) is 0 Å². The molecule has 0 aliphatic rings. The summed E-state index contributed by atoms with van der Waals surface area (Å²) in [5.74, 6) is 0. The normalized spacial score (nSPS) is 11.8. The lowest BCUT2D eigenvalue weighted by Crippen LogP contribution is -2.16. The number of benzene rings is 1. The van der Waals surface area contributed by atoms with Crippen LogP contribution in [-0.2, 0) is 5.41 Å². The van der Waals surface area contributed by atoms with Crippen LogP contribution in [0.2, 0.25) is 0 Å². The quantitative estimate of drug-likeness (QED) is 0.328. The van der Waals surface area contributed by atoms with Crippen LogP contribution in [0.5, 0.6) is 0 Å². The van der Waals surface area contributed by atoms with Crippen molar-refractivity contribution in [1.29, 1.82) is 0 Å². The molecule has 0 aliphatic heterocycles. The fourth-order valence-corrected chi connectivity index (χ4v) is 3.26. The van der Waals surface area contributed by atoms with Gasteiger partial charge in [-0.25, -0.2) is 0 Å². The first-order valence-corrected chi connectivity index (χ1v) is 9.72. The molecule has 0 saturated heterocycles. The number of hydrogen-bond donors (Lipinski definition) is 0. The van der Waals surface area contributed by atoms with Gasteiger partial charge >= 0.3 is 0 Å². The first-order chi connectivity index (χ1) is 10.7. The Balaban J connectivity index is 1.97. The Morgan fingerprint density at radius 3 is 1.59 bits per heavy atom. The van der Waals surface area contributed by atoms with Crippen molar-refractivity contribution in [3.05, 3.63) is 35.9 Å². The average Bonchev–Trinajstić information content (AvgIpc) is 2.53. The Hall–Kier alpha value is -0.780. The first kappa shape index (κ1) is 19.3. The van der Waals surface area contributed by atoms with E-state index in [-0.39, 0.29) is 0 Å². The lowest BCUT2D eigenvalue weighted by atomic mass is 9.80. The SMILES string of the molecule is CCCCCCCCCCCCCC(C)(C)c1ccccc1. The zero-order chi connectivity index (χ0) is 16.1. The van der Waals surface area contributed by atoms with E-state index in [4.69, 9.17) is 0 Å². The fraction of sp³-hybridized carbons (Fsp3) is 0.727. The Morgan fingerprint density at radius 1 is 0.636 bits per heavy atom. The van der Waals surface area contributed by atoms with Gasteiger partial charge in [-0.2, -0.15) is 0 Å². The Morgan fingerprint density at radius 2 is 1.09 bits per heavy atom. The molecule has 0 saturated carbocycles. The van der Waals surface area contributed by atoms with Crippen molar-refractivity contribution in [2.45, 2.75) is 103 Å². The molecule has 0 heteroatoms. The van der Waals surface area contributed by atoms with Gasteiger partial charge in [-0.3, -0.25) is 0 Å². The van der Waals surface area contributed by atoms with Crippen molar-refractivity contribution < 1.29 is 0 Å². The number of rotatable bonds is 13. The lowest BCUT2D eigenvalue weighted by Gasteiger charge is -2.25. The van der Waals surface area contributed by atoms with Gasteiger partial charge in [0.05, 0.1) is 0 Å². The van der Waals surface area contributed by atoms with Crippen molar-refractivity contribution in [3.63, 3.8) is 0 Å². The van der Waals surface area contributed by atoms with Crippen molar-refractivity contribution in [1.82, 2.24) is 0 Å². The molecule has 0 spiro atoms. The van der Waals surface area contributed by atoms with Gasteiger partial charge in [-0.1, -0.05) is 122 Å². The van der Waals surface area contributed by atoms with Gasteiger partial charge in [-0.15, -0.1) is 0 Å². The van der Waals surface area contributed by atoms with Crippen LogP contribution < -0.4 is 0 Å². The summed E-state index contributed by atoms with van der Waals surface area (Å²) in [5.41, 5.74) is 1.82. The predicted octanol–water partition coefficient (Wildman–Crippen LogP) is 7.67. The van der Waals surface area contributed by atoms with E-state index in [0.717, 1.165) is 0 Å². The van der Waals surface area contributed by atoms with E-state index in [1.807, 2.05) is 0 Å². The fourth-order valence-electron chi connectivity index (χ4n) is 3.26. The molecule has 0 fully saturated rings. The van der Waals surface area contributed by atoms with E-state index in [2.05, 4.69) is 51.1 Å². The van der Waals surface area contributed by atoms with E-state index in [1.165, 1.54) is 82.6 Å². The molecule has 126 valence electrons. The Kier molecular flexibility index (Phi) is 10.3. The van der Waals surface area contributed by atoms with Crippen LogP contribution >= 0.6 is 0 Å². The van der Waals surface area contributed by atoms with Crippen LogP contribution in [0.1, 0.15) is 103 Å². The van der Waals surface area contributed by atoms with E-state index in [1.54, 1.807) is 0 Å². The highest BCUT2D eigenvalue weighted by Crippen LogP contribution is 2.29. The summed E-state index contributed by atoms with van der Waals surface area (Å²) >= 11 is 0. The molecular formula is C22H38. The van der Waals surface area contributed by atoms with Crippen molar-refractivity contribution in [2.24, 2.45) is 0 Å². The molecule has 22 heavy (non-hydrogen) atoms. The molecule has 0 heterocycles. The minimum atomic E-state index is 0.334. The van der Waals surface area contributed by atoms with Gasteiger partial charge in [0.15, 0.2) is 0 Å². The van der Waals surface area contributed by atoms with Gasteiger partial charge in [0, 0.05) is 0 Å². The monoisotopic (exact) mass is 302 g/mol. The van der Waals surface area contributed by atoms with Crippen LogP contribution in [0.3, 0.4) is 0 Å². The molecule has 0 radical (unpaired) electrons. The molecule has 1 rings (SSSR count). The zero-order valence-corrected chi connectivity index (χ0v) is 15.4. The highest BCUT2D eigenvalue weighted by atomic mass is 14.2. The molecular weight excluding hydrogens is 264 g/mol. The topological polar surface area (TPSA) is 0 Å². The molecule has 1 aromatic carbocycles. The van der Waals surface area contributed by atoms with E-state index >= 15 is 0 Å². The summed E-state index contributed by atoms with van der Waals surface area (Å²) < 4.78 is 0. The maximum Gasteiger partial charge on any atom is -0.0104 e. The minimum absolute atomic E-state index is 0.334. The second-order valence-electron chi connectivity index (χ2n) is 7.54. The molecule has 0 bridgehead atoms. The van der Waals surface area contributed by atoms with Crippen LogP contribution in [0.15, 0.2) is 30.3 Å². The van der Waals surface area contributed by atoms with E-state index in [9.17, 15) is 0 Å². The molecule has 0 aliphatic carbocycles. The first-order valence-electron chi connectivity index (χ1n) is 9.72. The molecule has 0 amide bonds. The lowest BCUT2D eigenvalue weighted by molar-refractivity contribution is 0.441. The summed E-state index contributed by atoms with van der Waals surface area (Å²) in [6, 6.07) is 11.0. The van der Waals surface area contributed by atoms with E-state index < -0.39 is 0 Å². The highest BCUT2D eigenvalue weighted by Gasteiger charge is 2.19. The van der Waals surface area contributed by atoms with Crippen LogP contribution in [-0.4, -0.2) is 0 Å². The van der Waals surface area contributed by atoms with Gasteiger partial charge in [0.1, 0.15) is 0 Å². The minimum Gasteiger partial charge on any atom is -0.0654 e. The average molecular weight is 303 g/mol. The summed E-state index contributed by atoms with van der Waals surface area (Å²) in [4.78, 5) is 0. The maximum absolute atomic E-state index is 2.39. The third-order valence-corrected chi connectivity index (χ3v) is 4.96. The van der Waals surface area contributed by atoms with Crippen molar-refractivity contribution in [2.75, 3.05) is 0 Å². The van der Waals surface area contributed by atoms with Crippen LogP contribution in [0.25, 0.3) is 0 Å². The third-order valence-electron chi connectivity index (χ3n) is 4.96. The molecule has 0 unspecified atom stereocenters. The number of unbranched alkanes of at least 4 members (excludes halogenated alkanes) is 10. The van der Waals surface area contributed by atoms with E-state index in [0.29, 0.717) is 5.41 Å². The summed E-state index contributed by atoms with van der Waals surface area (Å²) in [6.45, 7) is 7.07. The largest absolute Gasteiger partial charge is 0.0654 e. The van der Waals surface area contributed by atoms with Gasteiger partial charge < -0.3 is 0 Å². The smallest absolute Gasteiger partial charge is 0.0104 e. The zero-order valence-electron chi connectivity index (χ0n) is 15.4. The Bertz CT molecular complexity index is 350. The van der Waals surface area contributed by atoms with Crippen molar-refractivity contribution in [3.8, 4) is 0 Å². The van der Waals surface area contributed by atoms with Gasteiger partial charge in [0.2, 0.25) is 0 Å². The molecule has 0 aromatic heterocycles. The standard InChI is InChI=1S/C22H38/c1-4-5-6-7-8-9-10-11-12-13-17-20-22(2,3)21-18-15-14-16-19-21/h14-16,18-19H,4-13,17,20H2,1-3H3. The number of hydrogen-bond acceptors (Lipinski definition) is 0. The second kappa shape index (κ2) is 11.7. The summed E-state index contributed by atoms with van der Waals surface area (Å²) in [7, 11) is 0. The van der Waals surface area contributed by atoms with Crippen LogP contribution in [0.4, 0.5) is 0 Å². The Labute approximate surface area is 139 Å². The molecule has 0 N–H and O–H groups in total. The highest BCUT2D eigenvalue weighted by molar-refractivity contribution is 5.23. The van der Waals surface area contributed by atoms with Crippen molar-refractivity contribution >= 4 is 0 Å². The van der Waals surface area contributed by atoms with Gasteiger partial charge in [0.25, 0.3) is 0 Å². The molecule has 0 nitrogen and oxygen atoms in total.